The maximum absolute atomic E-state index is 12.4. The normalized spacial score (nSPS) is 10.5. The summed E-state index contributed by atoms with van der Waals surface area (Å²) in [6.07, 6.45) is 0.447. The van der Waals surface area contributed by atoms with Crippen molar-refractivity contribution in [2.45, 2.75) is 13.0 Å². The van der Waals surface area contributed by atoms with Gasteiger partial charge in [-0.15, -0.1) is 0 Å². The van der Waals surface area contributed by atoms with Crippen LogP contribution >= 0.6 is 0 Å². The van der Waals surface area contributed by atoms with Crippen molar-refractivity contribution in [1.82, 2.24) is 20.4 Å². The number of aromatic nitrogens is 2. The van der Waals surface area contributed by atoms with Crippen LogP contribution in [0.5, 0.6) is 0 Å². The summed E-state index contributed by atoms with van der Waals surface area (Å²) in [5.41, 5.74) is 3.03. The van der Waals surface area contributed by atoms with Gasteiger partial charge in [-0.3, -0.25) is 4.79 Å². The second-order valence-corrected chi connectivity index (χ2v) is 7.73. The van der Waals surface area contributed by atoms with Crippen LogP contribution in [0.25, 0.3) is 11.5 Å². The number of para-hydroxylation sites is 1. The van der Waals surface area contributed by atoms with E-state index in [1.807, 2.05) is 60.7 Å². The molecule has 0 atom stereocenters. The van der Waals surface area contributed by atoms with E-state index in [1.165, 1.54) is 0 Å². The number of likely N-dealkylation sites (N-methyl/N-ethyl adjacent to an activating group) is 1. The highest BCUT2D eigenvalue weighted by molar-refractivity contribution is 5.94. The quantitative estimate of drug-likeness (QED) is 0.411. The van der Waals surface area contributed by atoms with Gasteiger partial charge in [-0.2, -0.15) is 4.98 Å². The van der Waals surface area contributed by atoms with Gasteiger partial charge in [-0.25, -0.2) is 4.79 Å². The molecule has 3 aromatic carbocycles. The van der Waals surface area contributed by atoms with Crippen molar-refractivity contribution in [3.05, 3.63) is 102 Å². The number of urea groups is 1. The van der Waals surface area contributed by atoms with E-state index >= 15 is 0 Å². The molecule has 1 aromatic heterocycles. The Hall–Kier alpha value is -4.46. The first-order valence-corrected chi connectivity index (χ1v) is 10.9. The van der Waals surface area contributed by atoms with Gasteiger partial charge in [0, 0.05) is 43.4 Å². The molecule has 8 nitrogen and oxygen atoms in total. The van der Waals surface area contributed by atoms with Crippen molar-refractivity contribution in [2.24, 2.45) is 0 Å². The first kappa shape index (κ1) is 22.7. The number of hydrogen-bond acceptors (Lipinski definition) is 5. The summed E-state index contributed by atoms with van der Waals surface area (Å²) in [5, 5.41) is 9.74. The van der Waals surface area contributed by atoms with E-state index in [1.54, 1.807) is 36.2 Å². The van der Waals surface area contributed by atoms with Gasteiger partial charge in [0.2, 0.25) is 0 Å². The maximum Gasteiger partial charge on any atom is 0.321 e. The monoisotopic (exact) mass is 455 g/mol. The predicted octanol–water partition coefficient (Wildman–Crippen LogP) is 4.37. The Kier molecular flexibility index (Phi) is 7.29. The summed E-state index contributed by atoms with van der Waals surface area (Å²) >= 11 is 0. The van der Waals surface area contributed by atoms with Crippen molar-refractivity contribution in [2.75, 3.05) is 18.9 Å². The molecule has 0 aliphatic carbocycles. The summed E-state index contributed by atoms with van der Waals surface area (Å²) in [4.78, 5) is 30.7. The number of benzene rings is 3. The fourth-order valence-electron chi connectivity index (χ4n) is 3.23. The molecule has 8 heteroatoms. The van der Waals surface area contributed by atoms with Crippen LogP contribution in [0.3, 0.4) is 0 Å². The molecule has 1 heterocycles. The molecule has 34 heavy (non-hydrogen) atoms. The summed E-state index contributed by atoms with van der Waals surface area (Å²) in [5.74, 6) is 0.708. The van der Waals surface area contributed by atoms with Crippen molar-refractivity contribution >= 4 is 17.6 Å². The second-order valence-electron chi connectivity index (χ2n) is 7.73. The van der Waals surface area contributed by atoms with Gasteiger partial charge in [0.25, 0.3) is 11.8 Å². The van der Waals surface area contributed by atoms with E-state index in [2.05, 4.69) is 20.8 Å². The van der Waals surface area contributed by atoms with Gasteiger partial charge in [0.1, 0.15) is 0 Å². The zero-order valence-corrected chi connectivity index (χ0v) is 18.8. The van der Waals surface area contributed by atoms with Gasteiger partial charge in [0.05, 0.1) is 0 Å². The molecule has 0 bridgehead atoms. The number of carbonyl (C=O) groups excluding carboxylic acids is 2. The molecule has 0 unspecified atom stereocenters. The molecule has 0 fully saturated rings. The lowest BCUT2D eigenvalue weighted by Gasteiger charge is -2.16. The molecule has 0 aliphatic heterocycles. The largest absolute Gasteiger partial charge is 0.348 e. The maximum atomic E-state index is 12.4. The van der Waals surface area contributed by atoms with E-state index in [0.717, 1.165) is 11.3 Å². The number of nitrogens with zero attached hydrogens (tertiary/aromatic N) is 3. The third kappa shape index (κ3) is 6.07. The van der Waals surface area contributed by atoms with Crippen LogP contribution in [0.15, 0.2) is 89.5 Å². The Morgan fingerprint density at radius 1 is 0.912 bits per heavy atom. The van der Waals surface area contributed by atoms with Crippen LogP contribution in [0.1, 0.15) is 21.7 Å². The topological polar surface area (TPSA) is 100 Å². The Labute approximate surface area is 197 Å². The van der Waals surface area contributed by atoms with Crippen LogP contribution in [-0.2, 0) is 13.0 Å². The van der Waals surface area contributed by atoms with Gasteiger partial charge in [0.15, 0.2) is 5.82 Å². The van der Waals surface area contributed by atoms with Crippen LogP contribution in [0, 0.1) is 0 Å². The Morgan fingerprint density at radius 2 is 1.59 bits per heavy atom. The molecule has 4 aromatic rings. The second kappa shape index (κ2) is 10.9. The number of carbonyl (C=O) groups is 2. The molecule has 0 saturated heterocycles. The van der Waals surface area contributed by atoms with Gasteiger partial charge >= 0.3 is 6.03 Å². The number of anilines is 1. The number of hydrogen-bond donors (Lipinski definition) is 2. The molecular formula is C26H25N5O3. The van der Waals surface area contributed by atoms with Crippen LogP contribution in [0.4, 0.5) is 10.5 Å². The minimum absolute atomic E-state index is 0.154. The van der Waals surface area contributed by atoms with Crippen molar-refractivity contribution in [1.29, 1.82) is 0 Å². The lowest BCUT2D eigenvalue weighted by Crippen LogP contribution is -2.33. The highest BCUT2D eigenvalue weighted by Crippen LogP contribution is 2.18. The molecule has 0 spiro atoms. The van der Waals surface area contributed by atoms with Gasteiger partial charge in [-0.05, 0) is 42.0 Å². The Bertz CT molecular complexity index is 1220. The molecule has 172 valence electrons. The fourth-order valence-corrected chi connectivity index (χ4v) is 3.23. The summed E-state index contributed by atoms with van der Waals surface area (Å²) in [7, 11) is 1.71. The Morgan fingerprint density at radius 3 is 2.29 bits per heavy atom. The summed E-state index contributed by atoms with van der Waals surface area (Å²) in [6, 6.07) is 25.8. The number of nitrogens with one attached hydrogen (secondary N) is 2. The van der Waals surface area contributed by atoms with Gasteiger partial charge in [-0.1, -0.05) is 53.7 Å². The standard InChI is InChI=1S/C26H25N5O3/c1-31(26(33)28-22-10-6-3-7-11-22)17-16-23-29-25(34-30-23)21-14-12-20(13-15-21)24(32)27-18-19-8-4-2-5-9-19/h2-15H,16-18H2,1H3,(H,27,32)(H,28,33). The van der Waals surface area contributed by atoms with Crippen molar-refractivity contribution in [3.63, 3.8) is 0 Å². The van der Waals surface area contributed by atoms with Crippen LogP contribution in [0.2, 0.25) is 0 Å². The smallest absolute Gasteiger partial charge is 0.321 e. The van der Waals surface area contributed by atoms with Crippen molar-refractivity contribution < 1.29 is 14.1 Å². The minimum Gasteiger partial charge on any atom is -0.348 e. The van der Waals surface area contributed by atoms with Crippen LogP contribution in [-0.4, -0.2) is 40.6 Å². The molecular weight excluding hydrogens is 430 g/mol. The fraction of sp³-hybridized carbons (Fsp3) is 0.154. The number of amides is 3. The number of rotatable bonds is 8. The lowest BCUT2D eigenvalue weighted by molar-refractivity contribution is 0.0951. The van der Waals surface area contributed by atoms with E-state index < -0.39 is 0 Å². The molecule has 3 amide bonds. The third-order valence-corrected chi connectivity index (χ3v) is 5.20. The first-order valence-electron chi connectivity index (χ1n) is 10.9. The Balaban J connectivity index is 1.28. The average Bonchev–Trinajstić information content (AvgIpc) is 3.36. The van der Waals surface area contributed by atoms with Gasteiger partial charge < -0.3 is 20.1 Å². The van der Waals surface area contributed by atoms with E-state index in [4.69, 9.17) is 4.52 Å². The lowest BCUT2D eigenvalue weighted by atomic mass is 10.1. The average molecular weight is 456 g/mol. The third-order valence-electron chi connectivity index (χ3n) is 5.20. The molecule has 0 aliphatic rings. The highest BCUT2D eigenvalue weighted by atomic mass is 16.5. The minimum atomic E-state index is -0.212. The van der Waals surface area contributed by atoms with E-state index in [-0.39, 0.29) is 11.9 Å². The van der Waals surface area contributed by atoms with E-state index in [9.17, 15) is 9.59 Å². The summed E-state index contributed by atoms with van der Waals surface area (Å²) in [6.45, 7) is 0.893. The highest BCUT2D eigenvalue weighted by Gasteiger charge is 2.13. The SMILES string of the molecule is CN(CCc1noc(-c2ccc(C(=O)NCc3ccccc3)cc2)n1)C(=O)Nc1ccccc1. The molecule has 2 N–H and O–H groups in total. The zero-order valence-electron chi connectivity index (χ0n) is 18.8. The van der Waals surface area contributed by atoms with Crippen LogP contribution < -0.4 is 10.6 Å². The zero-order chi connectivity index (χ0) is 23.8. The molecule has 0 radical (unpaired) electrons. The molecule has 0 saturated carbocycles. The molecule has 4 rings (SSSR count). The van der Waals surface area contributed by atoms with E-state index in [0.29, 0.717) is 42.4 Å². The summed E-state index contributed by atoms with van der Waals surface area (Å²) < 4.78 is 5.36. The predicted molar refractivity (Wildman–Crippen MR) is 129 cm³/mol. The van der Waals surface area contributed by atoms with Crippen molar-refractivity contribution in [3.8, 4) is 11.5 Å². The first-order chi connectivity index (χ1) is 16.6.